The van der Waals surface area contributed by atoms with Crippen LogP contribution >= 0.6 is 11.8 Å². The number of likely N-dealkylation sites (N-methyl/N-ethyl adjacent to an activating group) is 1. The van der Waals surface area contributed by atoms with Crippen molar-refractivity contribution in [3.8, 4) is 0 Å². The number of carbonyl (C=O) groups is 1. The largest absolute Gasteiger partial charge is 0.347 e. The van der Waals surface area contributed by atoms with Crippen molar-refractivity contribution in [1.82, 2.24) is 4.90 Å². The van der Waals surface area contributed by atoms with Crippen LogP contribution in [0.3, 0.4) is 0 Å². The number of nitrogens with two attached hydrogens (primary N) is 1. The fraction of sp³-hybridized carbons (Fsp3) is 0.500. The Morgan fingerprint density at radius 1 is 1.42 bits per heavy atom. The molecule has 1 heterocycles. The van der Waals surface area contributed by atoms with Gasteiger partial charge in [0.15, 0.2) is 0 Å². The molecule has 1 aromatic rings. The molecule has 1 amide bonds. The van der Waals surface area contributed by atoms with Gasteiger partial charge in [-0.3, -0.25) is 4.79 Å². The van der Waals surface area contributed by atoms with E-state index in [0.29, 0.717) is 12.1 Å². The predicted octanol–water partition coefficient (Wildman–Crippen LogP) is 1.37. The molecule has 0 unspecified atom stereocenters. The SMILES string of the molecule is CC[C@H]1S[C@@H](c2ccccc2F)N(CC[NH2+]C)C1=O. The Labute approximate surface area is 117 Å². The minimum atomic E-state index is -0.227. The molecule has 1 fully saturated rings. The van der Waals surface area contributed by atoms with E-state index in [1.807, 2.05) is 30.3 Å². The first-order valence-electron chi connectivity index (χ1n) is 6.67. The maximum atomic E-state index is 13.9. The summed E-state index contributed by atoms with van der Waals surface area (Å²) in [4.78, 5) is 14.1. The molecule has 1 aliphatic rings. The molecule has 2 atom stereocenters. The van der Waals surface area contributed by atoms with Crippen molar-refractivity contribution < 1.29 is 14.5 Å². The van der Waals surface area contributed by atoms with Gasteiger partial charge in [-0.2, -0.15) is 0 Å². The summed E-state index contributed by atoms with van der Waals surface area (Å²) in [5.74, 6) is -0.0855. The molecule has 1 saturated heterocycles. The minimum absolute atomic E-state index is 0.0403. The van der Waals surface area contributed by atoms with Gasteiger partial charge in [-0.15, -0.1) is 11.8 Å². The summed E-state index contributed by atoms with van der Waals surface area (Å²) in [5.41, 5.74) is 0.618. The first kappa shape index (κ1) is 14.3. The average Bonchev–Trinajstić information content (AvgIpc) is 2.73. The van der Waals surface area contributed by atoms with E-state index in [-0.39, 0.29) is 22.3 Å². The standard InChI is InChI=1S/C14H19FN2OS/c1-3-12-13(18)17(9-8-16-2)14(19-12)10-6-4-5-7-11(10)15/h4-7,12,14,16H,3,8-9H2,1-2H3/p+1/t12-,14+/m1/s1. The third-order valence-corrected chi connectivity index (χ3v) is 4.97. The summed E-state index contributed by atoms with van der Waals surface area (Å²) >= 11 is 1.57. The highest BCUT2D eigenvalue weighted by Crippen LogP contribution is 2.44. The Balaban J connectivity index is 2.26. The molecule has 0 radical (unpaired) electrons. The van der Waals surface area contributed by atoms with Gasteiger partial charge >= 0.3 is 0 Å². The number of rotatable bonds is 5. The average molecular weight is 283 g/mol. The molecule has 104 valence electrons. The van der Waals surface area contributed by atoms with Crippen molar-refractivity contribution in [2.75, 3.05) is 20.1 Å². The van der Waals surface area contributed by atoms with Gasteiger partial charge in [0.1, 0.15) is 11.2 Å². The van der Waals surface area contributed by atoms with Gasteiger partial charge in [0.05, 0.1) is 25.4 Å². The first-order valence-corrected chi connectivity index (χ1v) is 7.61. The molecule has 0 aromatic heterocycles. The van der Waals surface area contributed by atoms with Gasteiger partial charge in [0.25, 0.3) is 0 Å². The van der Waals surface area contributed by atoms with Gasteiger partial charge in [0, 0.05) is 5.56 Å². The number of amides is 1. The summed E-state index contributed by atoms with van der Waals surface area (Å²) in [6.45, 7) is 3.51. The van der Waals surface area contributed by atoms with Crippen molar-refractivity contribution in [3.05, 3.63) is 35.6 Å². The third kappa shape index (κ3) is 2.92. The summed E-state index contributed by atoms with van der Waals surface area (Å²) < 4.78 is 13.9. The number of hydrogen-bond acceptors (Lipinski definition) is 2. The number of halogens is 1. The Morgan fingerprint density at radius 2 is 2.16 bits per heavy atom. The number of quaternary nitrogens is 1. The van der Waals surface area contributed by atoms with E-state index in [9.17, 15) is 9.18 Å². The Hall–Kier alpha value is -1.07. The lowest BCUT2D eigenvalue weighted by atomic mass is 10.2. The van der Waals surface area contributed by atoms with Crippen LogP contribution in [0, 0.1) is 5.82 Å². The molecule has 0 saturated carbocycles. The topological polar surface area (TPSA) is 36.9 Å². The summed E-state index contributed by atoms with van der Waals surface area (Å²) in [6.07, 6.45) is 0.792. The second-order valence-electron chi connectivity index (χ2n) is 4.64. The van der Waals surface area contributed by atoms with E-state index >= 15 is 0 Å². The molecular weight excluding hydrogens is 263 g/mol. The van der Waals surface area contributed by atoms with Crippen molar-refractivity contribution in [1.29, 1.82) is 0 Å². The summed E-state index contributed by atoms with van der Waals surface area (Å²) in [5, 5.41) is 1.82. The third-order valence-electron chi connectivity index (χ3n) is 3.34. The molecule has 0 aliphatic carbocycles. The van der Waals surface area contributed by atoms with Crippen molar-refractivity contribution in [2.45, 2.75) is 24.0 Å². The number of nitrogens with zero attached hydrogens (tertiary/aromatic N) is 1. The van der Waals surface area contributed by atoms with Crippen molar-refractivity contribution >= 4 is 17.7 Å². The van der Waals surface area contributed by atoms with Crippen LogP contribution in [-0.4, -0.2) is 36.2 Å². The van der Waals surface area contributed by atoms with E-state index in [0.717, 1.165) is 13.0 Å². The molecular formula is C14H20FN2OS+. The highest BCUT2D eigenvalue weighted by atomic mass is 32.2. The lowest BCUT2D eigenvalue weighted by Gasteiger charge is -2.23. The van der Waals surface area contributed by atoms with Gasteiger partial charge in [-0.25, -0.2) is 4.39 Å². The van der Waals surface area contributed by atoms with Crippen LogP contribution in [0.1, 0.15) is 24.3 Å². The lowest BCUT2D eigenvalue weighted by molar-refractivity contribution is -0.626. The van der Waals surface area contributed by atoms with Crippen LogP contribution in [-0.2, 0) is 4.79 Å². The Bertz CT molecular complexity index is 455. The number of carbonyl (C=O) groups excluding carboxylic acids is 1. The number of thioether (sulfide) groups is 1. The summed E-state index contributed by atoms with van der Waals surface area (Å²) in [7, 11) is 1.98. The van der Waals surface area contributed by atoms with E-state index in [2.05, 4.69) is 0 Å². The molecule has 3 nitrogen and oxygen atoms in total. The zero-order valence-electron chi connectivity index (χ0n) is 11.3. The molecule has 2 N–H and O–H groups in total. The normalized spacial score (nSPS) is 23.1. The van der Waals surface area contributed by atoms with Gasteiger partial charge in [-0.1, -0.05) is 25.1 Å². The van der Waals surface area contributed by atoms with E-state index in [1.54, 1.807) is 23.9 Å². The monoisotopic (exact) mass is 283 g/mol. The van der Waals surface area contributed by atoms with Crippen molar-refractivity contribution in [2.24, 2.45) is 0 Å². The van der Waals surface area contributed by atoms with E-state index < -0.39 is 0 Å². The van der Waals surface area contributed by atoms with Crippen LogP contribution in [0.15, 0.2) is 24.3 Å². The van der Waals surface area contributed by atoms with Crippen LogP contribution < -0.4 is 5.32 Å². The molecule has 5 heteroatoms. The predicted molar refractivity (Wildman–Crippen MR) is 75.2 cm³/mol. The zero-order valence-corrected chi connectivity index (χ0v) is 12.1. The molecule has 1 aliphatic heterocycles. The molecule has 0 bridgehead atoms. The number of hydrogen-bond donors (Lipinski definition) is 1. The smallest absolute Gasteiger partial charge is 0.237 e. The molecule has 0 spiro atoms. The second kappa shape index (κ2) is 6.39. The first-order chi connectivity index (χ1) is 9.19. The Morgan fingerprint density at radius 3 is 2.79 bits per heavy atom. The molecule has 2 rings (SSSR count). The fourth-order valence-electron chi connectivity index (χ4n) is 2.27. The van der Waals surface area contributed by atoms with Gasteiger partial charge in [-0.05, 0) is 12.5 Å². The maximum Gasteiger partial charge on any atom is 0.237 e. The van der Waals surface area contributed by atoms with E-state index in [4.69, 9.17) is 0 Å². The van der Waals surface area contributed by atoms with E-state index in [1.165, 1.54) is 6.07 Å². The minimum Gasteiger partial charge on any atom is -0.347 e. The molecule has 19 heavy (non-hydrogen) atoms. The highest BCUT2D eigenvalue weighted by Gasteiger charge is 2.40. The van der Waals surface area contributed by atoms with Crippen LogP contribution in [0.5, 0.6) is 0 Å². The van der Waals surface area contributed by atoms with Gasteiger partial charge < -0.3 is 10.2 Å². The quantitative estimate of drug-likeness (QED) is 0.886. The van der Waals surface area contributed by atoms with Crippen LogP contribution in [0.2, 0.25) is 0 Å². The highest BCUT2D eigenvalue weighted by molar-refractivity contribution is 8.01. The second-order valence-corrected chi connectivity index (χ2v) is 5.92. The maximum absolute atomic E-state index is 13.9. The molecule has 1 aromatic carbocycles. The fourth-order valence-corrected chi connectivity index (χ4v) is 3.72. The van der Waals surface area contributed by atoms with Crippen molar-refractivity contribution in [3.63, 3.8) is 0 Å². The van der Waals surface area contributed by atoms with Crippen LogP contribution in [0.25, 0.3) is 0 Å². The zero-order chi connectivity index (χ0) is 13.8. The summed E-state index contributed by atoms with van der Waals surface area (Å²) in [6, 6.07) is 6.75. The van der Waals surface area contributed by atoms with Gasteiger partial charge in [0.2, 0.25) is 5.91 Å². The number of benzene rings is 1. The van der Waals surface area contributed by atoms with Crippen LogP contribution in [0.4, 0.5) is 4.39 Å². The lowest BCUT2D eigenvalue weighted by Crippen LogP contribution is -2.81. The Kier molecular flexibility index (Phi) is 4.82.